The number of nitrogens with zero attached hydrogens (tertiary/aromatic N) is 3. The van der Waals surface area contributed by atoms with Gasteiger partial charge in [-0.2, -0.15) is 23.7 Å². The molecule has 0 spiro atoms. The zero-order chi connectivity index (χ0) is 20.2. The van der Waals surface area contributed by atoms with Crippen molar-refractivity contribution in [3.63, 3.8) is 0 Å². The van der Waals surface area contributed by atoms with Crippen LogP contribution in [0, 0.1) is 22.7 Å². The number of pyridine rings is 1. The highest BCUT2D eigenvalue weighted by Gasteiger charge is 2.34. The normalized spacial score (nSPS) is 11.9. The molecular formula is C17H12F3N5OS. The van der Waals surface area contributed by atoms with Gasteiger partial charge in [0, 0.05) is 0 Å². The number of amides is 1. The number of carbonyl (C=O) groups excluding carboxylic acids is 1. The van der Waals surface area contributed by atoms with E-state index in [4.69, 9.17) is 16.3 Å². The number of nitrogen functional groups attached to an aromatic ring is 1. The van der Waals surface area contributed by atoms with E-state index in [1.165, 1.54) is 25.1 Å². The number of thioether (sulfide) groups is 1. The van der Waals surface area contributed by atoms with E-state index in [2.05, 4.69) is 10.3 Å². The van der Waals surface area contributed by atoms with Crippen molar-refractivity contribution in [3.8, 4) is 12.1 Å². The van der Waals surface area contributed by atoms with Crippen LogP contribution in [-0.2, 0) is 11.0 Å². The van der Waals surface area contributed by atoms with E-state index >= 15 is 0 Å². The van der Waals surface area contributed by atoms with E-state index in [1.807, 2.05) is 6.07 Å². The largest absolute Gasteiger partial charge is 0.418 e. The molecule has 0 saturated carbocycles. The van der Waals surface area contributed by atoms with Gasteiger partial charge >= 0.3 is 6.18 Å². The number of nitrogens with two attached hydrogens (primary N) is 1. The average Bonchev–Trinajstić information content (AvgIpc) is 2.61. The summed E-state index contributed by atoms with van der Waals surface area (Å²) in [5.41, 5.74) is 4.35. The second kappa shape index (κ2) is 7.98. The van der Waals surface area contributed by atoms with Gasteiger partial charge < -0.3 is 11.1 Å². The van der Waals surface area contributed by atoms with Crippen LogP contribution >= 0.6 is 11.8 Å². The first kappa shape index (κ1) is 20.1. The third-order valence-electron chi connectivity index (χ3n) is 3.41. The van der Waals surface area contributed by atoms with Crippen LogP contribution in [-0.4, -0.2) is 16.1 Å². The van der Waals surface area contributed by atoms with Crippen LogP contribution in [0.15, 0.2) is 35.4 Å². The first-order valence-electron chi connectivity index (χ1n) is 7.41. The van der Waals surface area contributed by atoms with Crippen LogP contribution in [0.25, 0.3) is 0 Å². The molecular weight excluding hydrogens is 379 g/mol. The van der Waals surface area contributed by atoms with E-state index in [-0.39, 0.29) is 27.7 Å². The average molecular weight is 391 g/mol. The minimum atomic E-state index is -4.61. The van der Waals surface area contributed by atoms with Crippen molar-refractivity contribution in [1.29, 1.82) is 10.5 Å². The van der Waals surface area contributed by atoms with Gasteiger partial charge in [0.25, 0.3) is 0 Å². The lowest BCUT2D eigenvalue weighted by molar-refractivity contribution is -0.137. The fraction of sp³-hybridized carbons (Fsp3) is 0.176. The van der Waals surface area contributed by atoms with E-state index < -0.39 is 22.9 Å². The maximum absolute atomic E-state index is 13.0. The number of carbonyl (C=O) groups is 1. The van der Waals surface area contributed by atoms with Crippen molar-refractivity contribution in [2.75, 3.05) is 11.1 Å². The molecule has 0 unspecified atom stereocenters. The quantitative estimate of drug-likeness (QED) is 0.770. The molecule has 138 valence electrons. The Morgan fingerprint density at radius 1 is 1.26 bits per heavy atom. The maximum atomic E-state index is 13.0. The standard InChI is InChI=1S/C17H12F3N5OS/c1-9(27-16-11(8-22)6-10(7-21)14(23)25-16)15(26)24-13-5-3-2-4-12(13)17(18,19)20/h2-6,9H,1H3,(H2,23,25)(H,24,26)/t9-/m1/s1. The second-order valence-electron chi connectivity index (χ2n) is 5.29. The number of aromatic nitrogens is 1. The van der Waals surface area contributed by atoms with Crippen molar-refractivity contribution in [3.05, 3.63) is 47.0 Å². The summed E-state index contributed by atoms with van der Waals surface area (Å²) in [6.07, 6.45) is -4.61. The summed E-state index contributed by atoms with van der Waals surface area (Å²) >= 11 is 0.853. The Labute approximate surface area is 156 Å². The molecule has 1 aromatic heterocycles. The van der Waals surface area contributed by atoms with Gasteiger partial charge in [0.2, 0.25) is 5.91 Å². The summed E-state index contributed by atoms with van der Waals surface area (Å²) in [7, 11) is 0. The Bertz CT molecular complexity index is 963. The molecule has 2 aromatic rings. The lowest BCUT2D eigenvalue weighted by Gasteiger charge is -2.16. The number of hydrogen-bond donors (Lipinski definition) is 2. The van der Waals surface area contributed by atoms with Gasteiger partial charge in [-0.25, -0.2) is 4.98 Å². The van der Waals surface area contributed by atoms with Crippen molar-refractivity contribution in [2.45, 2.75) is 23.4 Å². The summed E-state index contributed by atoms with van der Waals surface area (Å²) in [4.78, 5) is 16.2. The van der Waals surface area contributed by atoms with Crippen molar-refractivity contribution >= 4 is 29.2 Å². The number of para-hydroxylation sites is 1. The third kappa shape index (κ3) is 4.68. The summed E-state index contributed by atoms with van der Waals surface area (Å²) in [5, 5.41) is 19.5. The Hall–Kier alpha value is -3.24. The highest BCUT2D eigenvalue weighted by atomic mass is 32.2. The lowest BCUT2D eigenvalue weighted by atomic mass is 10.1. The molecule has 1 heterocycles. The summed E-state index contributed by atoms with van der Waals surface area (Å²) < 4.78 is 39.1. The van der Waals surface area contributed by atoms with Crippen LogP contribution in [0.2, 0.25) is 0 Å². The van der Waals surface area contributed by atoms with Gasteiger partial charge in [-0.15, -0.1) is 0 Å². The molecule has 0 aliphatic carbocycles. The van der Waals surface area contributed by atoms with E-state index in [0.717, 1.165) is 23.9 Å². The van der Waals surface area contributed by atoms with Crippen LogP contribution in [0.5, 0.6) is 0 Å². The summed E-state index contributed by atoms with van der Waals surface area (Å²) in [6, 6.07) is 9.50. The van der Waals surface area contributed by atoms with E-state index in [9.17, 15) is 18.0 Å². The molecule has 0 aliphatic heterocycles. The van der Waals surface area contributed by atoms with Crippen LogP contribution < -0.4 is 11.1 Å². The molecule has 1 atom stereocenters. The Kier molecular flexibility index (Phi) is 5.93. The van der Waals surface area contributed by atoms with Crippen LogP contribution in [0.1, 0.15) is 23.6 Å². The number of nitrogens with one attached hydrogen (secondary N) is 1. The first-order chi connectivity index (χ1) is 12.7. The van der Waals surface area contributed by atoms with Gasteiger partial charge in [-0.3, -0.25) is 4.79 Å². The Morgan fingerprint density at radius 2 is 1.89 bits per heavy atom. The molecule has 10 heteroatoms. The number of rotatable bonds is 4. The molecule has 0 bridgehead atoms. The number of nitriles is 2. The molecule has 2 rings (SSSR count). The maximum Gasteiger partial charge on any atom is 0.418 e. The number of alkyl halides is 3. The van der Waals surface area contributed by atoms with E-state index in [0.29, 0.717) is 0 Å². The topological polar surface area (TPSA) is 116 Å². The predicted molar refractivity (Wildman–Crippen MR) is 93.5 cm³/mol. The molecule has 0 aliphatic rings. The van der Waals surface area contributed by atoms with Crippen molar-refractivity contribution < 1.29 is 18.0 Å². The molecule has 6 nitrogen and oxygen atoms in total. The molecule has 0 saturated heterocycles. The molecule has 1 aromatic carbocycles. The van der Waals surface area contributed by atoms with Gasteiger partial charge in [0.05, 0.1) is 27.6 Å². The minimum absolute atomic E-state index is 0.0205. The van der Waals surface area contributed by atoms with Crippen molar-refractivity contribution in [2.24, 2.45) is 0 Å². The zero-order valence-electron chi connectivity index (χ0n) is 13.8. The number of halogens is 3. The molecule has 0 fully saturated rings. The Morgan fingerprint density at radius 3 is 2.48 bits per heavy atom. The predicted octanol–water partition coefficient (Wildman–Crippen LogP) is 3.55. The second-order valence-corrected chi connectivity index (χ2v) is 6.62. The first-order valence-corrected chi connectivity index (χ1v) is 8.29. The van der Waals surface area contributed by atoms with Gasteiger partial charge in [0.1, 0.15) is 23.0 Å². The highest BCUT2D eigenvalue weighted by Crippen LogP contribution is 2.35. The number of hydrogen-bond acceptors (Lipinski definition) is 6. The molecule has 3 N–H and O–H groups in total. The molecule has 1 amide bonds. The number of anilines is 2. The highest BCUT2D eigenvalue weighted by molar-refractivity contribution is 8.00. The fourth-order valence-corrected chi connectivity index (χ4v) is 2.95. The zero-order valence-corrected chi connectivity index (χ0v) is 14.6. The summed E-state index contributed by atoms with van der Waals surface area (Å²) in [5.74, 6) is -0.806. The third-order valence-corrected chi connectivity index (χ3v) is 4.51. The monoisotopic (exact) mass is 391 g/mol. The van der Waals surface area contributed by atoms with Gasteiger partial charge in [0.15, 0.2) is 0 Å². The molecule has 27 heavy (non-hydrogen) atoms. The van der Waals surface area contributed by atoms with Crippen molar-refractivity contribution in [1.82, 2.24) is 4.98 Å². The van der Waals surface area contributed by atoms with E-state index in [1.54, 1.807) is 6.07 Å². The fourth-order valence-electron chi connectivity index (χ4n) is 2.06. The van der Waals surface area contributed by atoms with Crippen LogP contribution in [0.4, 0.5) is 24.7 Å². The summed E-state index contributed by atoms with van der Waals surface area (Å²) in [6.45, 7) is 1.45. The van der Waals surface area contributed by atoms with Gasteiger partial charge in [-0.05, 0) is 25.1 Å². The SMILES string of the molecule is C[C@@H](Sc1nc(N)c(C#N)cc1C#N)C(=O)Nc1ccccc1C(F)(F)F. The van der Waals surface area contributed by atoms with Crippen LogP contribution in [0.3, 0.4) is 0 Å². The molecule has 0 radical (unpaired) electrons. The minimum Gasteiger partial charge on any atom is -0.383 e. The Balaban J connectivity index is 2.23. The lowest BCUT2D eigenvalue weighted by Crippen LogP contribution is -2.24. The smallest absolute Gasteiger partial charge is 0.383 e. The number of benzene rings is 1. The van der Waals surface area contributed by atoms with Gasteiger partial charge in [-0.1, -0.05) is 23.9 Å².